The summed E-state index contributed by atoms with van der Waals surface area (Å²) in [4.78, 5) is 0. The van der Waals surface area contributed by atoms with Gasteiger partial charge in [0.1, 0.15) is 0 Å². The van der Waals surface area contributed by atoms with Crippen LogP contribution in [0, 0.1) is 0 Å². The summed E-state index contributed by atoms with van der Waals surface area (Å²) in [5, 5.41) is 3.54. The molecule has 1 N–H and O–H groups in total. The Morgan fingerprint density at radius 2 is 1.79 bits per heavy atom. The number of nitrogens with zero attached hydrogens (tertiary/aromatic N) is 1. The summed E-state index contributed by atoms with van der Waals surface area (Å²) in [6.45, 7) is 0.700. The van der Waals surface area contributed by atoms with Crippen LogP contribution in [0.25, 0.3) is 5.69 Å². The zero-order valence-corrected chi connectivity index (χ0v) is 13.1. The second-order valence-electron chi connectivity index (χ2n) is 6.04. The van der Waals surface area contributed by atoms with Gasteiger partial charge in [-0.3, -0.25) is 0 Å². The van der Waals surface area contributed by atoms with E-state index in [0.717, 1.165) is 16.9 Å². The molecule has 1 aliphatic rings. The third-order valence-corrected chi connectivity index (χ3v) is 4.56. The maximum Gasteiger partial charge on any atom is 0.242 e. The van der Waals surface area contributed by atoms with E-state index in [4.69, 9.17) is 0 Å². The van der Waals surface area contributed by atoms with Crippen LogP contribution < -0.4 is 5.32 Å². The minimum Gasteiger partial charge on any atom is -0.319 e. The fourth-order valence-electron chi connectivity index (χ4n) is 3.50. The summed E-state index contributed by atoms with van der Waals surface area (Å²) in [5.41, 5.74) is 5.03. The van der Waals surface area contributed by atoms with E-state index in [1.165, 1.54) is 5.56 Å². The van der Waals surface area contributed by atoms with Crippen LogP contribution in [-0.4, -0.2) is 11.0 Å². The second-order valence-corrected chi connectivity index (χ2v) is 6.04. The fraction of sp³-hybridized carbons (Fsp3) is 0.200. The van der Waals surface area contributed by atoms with Crippen LogP contribution in [0.1, 0.15) is 28.4 Å². The van der Waals surface area contributed by atoms with Gasteiger partial charge in [0.05, 0.1) is 6.04 Å². The molecule has 122 valence electrons. The maximum atomic E-state index is 13.0. The van der Waals surface area contributed by atoms with Gasteiger partial charge in [-0.1, -0.05) is 42.5 Å². The summed E-state index contributed by atoms with van der Waals surface area (Å²) >= 11 is 0. The zero-order valence-electron chi connectivity index (χ0n) is 13.1. The van der Waals surface area contributed by atoms with Crippen molar-refractivity contribution in [1.29, 1.82) is 0 Å². The lowest BCUT2D eigenvalue weighted by molar-refractivity contribution is 0.148. The van der Waals surface area contributed by atoms with Gasteiger partial charge in [0.25, 0.3) is 0 Å². The number of fused-ring (bicyclic) bond motifs is 3. The Kier molecular flexibility index (Phi) is 3.90. The Morgan fingerprint density at radius 3 is 2.67 bits per heavy atom. The number of aromatic nitrogens is 1. The molecule has 1 aromatic heterocycles. The molecule has 24 heavy (non-hydrogen) atoms. The summed E-state index contributed by atoms with van der Waals surface area (Å²) < 4.78 is 28.1. The average Bonchev–Trinajstić information content (AvgIpc) is 3.00. The SMILES string of the molecule is FC(F)Cc1ccccc1C1NCc2ccccc2-n2cccc21. The maximum absolute atomic E-state index is 13.0. The van der Waals surface area contributed by atoms with Crippen LogP contribution in [-0.2, 0) is 13.0 Å². The Labute approximate surface area is 139 Å². The molecule has 1 unspecified atom stereocenters. The number of alkyl halides is 2. The summed E-state index contributed by atoms with van der Waals surface area (Å²) in [7, 11) is 0. The number of nitrogens with one attached hydrogen (secondary N) is 1. The molecular formula is C20H18F2N2. The number of hydrogen-bond donors (Lipinski definition) is 1. The van der Waals surface area contributed by atoms with E-state index in [9.17, 15) is 8.78 Å². The van der Waals surface area contributed by atoms with Crippen molar-refractivity contribution in [2.45, 2.75) is 25.4 Å². The molecule has 0 saturated carbocycles. The largest absolute Gasteiger partial charge is 0.319 e. The molecule has 0 saturated heterocycles. The van der Waals surface area contributed by atoms with Gasteiger partial charge in [-0.2, -0.15) is 0 Å². The van der Waals surface area contributed by atoms with Crippen molar-refractivity contribution >= 4 is 0 Å². The first-order valence-corrected chi connectivity index (χ1v) is 8.09. The monoisotopic (exact) mass is 324 g/mol. The van der Waals surface area contributed by atoms with E-state index in [-0.39, 0.29) is 12.5 Å². The van der Waals surface area contributed by atoms with Crippen LogP contribution in [0.2, 0.25) is 0 Å². The summed E-state index contributed by atoms with van der Waals surface area (Å²) in [5.74, 6) is 0. The molecule has 3 aromatic rings. The van der Waals surface area contributed by atoms with Gasteiger partial charge in [0.15, 0.2) is 0 Å². The minimum absolute atomic E-state index is 0.109. The highest BCUT2D eigenvalue weighted by Gasteiger charge is 2.24. The number of para-hydroxylation sites is 1. The van der Waals surface area contributed by atoms with Gasteiger partial charge in [-0.05, 0) is 34.9 Å². The molecule has 4 rings (SSSR count). The normalized spacial score (nSPS) is 16.5. The molecule has 1 atom stereocenters. The van der Waals surface area contributed by atoms with Gasteiger partial charge in [0.2, 0.25) is 6.43 Å². The Bertz CT molecular complexity index is 854. The molecule has 0 fully saturated rings. The van der Waals surface area contributed by atoms with Crippen molar-refractivity contribution in [1.82, 2.24) is 9.88 Å². The molecule has 0 spiro atoms. The first kappa shape index (κ1) is 15.1. The van der Waals surface area contributed by atoms with Crippen LogP contribution in [0.15, 0.2) is 66.9 Å². The van der Waals surface area contributed by atoms with E-state index in [0.29, 0.717) is 12.1 Å². The van der Waals surface area contributed by atoms with Gasteiger partial charge < -0.3 is 9.88 Å². The minimum atomic E-state index is -2.35. The quantitative estimate of drug-likeness (QED) is 0.752. The Balaban J connectivity index is 1.82. The first-order chi connectivity index (χ1) is 11.7. The Hall–Kier alpha value is -2.46. The van der Waals surface area contributed by atoms with E-state index >= 15 is 0 Å². The second kappa shape index (κ2) is 6.21. The van der Waals surface area contributed by atoms with Crippen molar-refractivity contribution in [3.63, 3.8) is 0 Å². The molecule has 2 nitrogen and oxygen atoms in total. The number of rotatable bonds is 3. The van der Waals surface area contributed by atoms with E-state index < -0.39 is 6.43 Å². The number of hydrogen-bond acceptors (Lipinski definition) is 1. The fourth-order valence-corrected chi connectivity index (χ4v) is 3.50. The summed E-state index contributed by atoms with van der Waals surface area (Å²) in [6.07, 6.45) is -0.535. The third-order valence-electron chi connectivity index (χ3n) is 4.56. The van der Waals surface area contributed by atoms with E-state index in [1.54, 1.807) is 6.07 Å². The van der Waals surface area contributed by atoms with Crippen LogP contribution in [0.4, 0.5) is 8.78 Å². The van der Waals surface area contributed by atoms with Crippen LogP contribution in [0.5, 0.6) is 0 Å². The van der Waals surface area contributed by atoms with E-state index in [1.807, 2.05) is 42.6 Å². The smallest absolute Gasteiger partial charge is 0.242 e. The van der Waals surface area contributed by atoms with Crippen LogP contribution in [0.3, 0.4) is 0 Å². The molecule has 1 aliphatic heterocycles. The van der Waals surface area contributed by atoms with E-state index in [2.05, 4.69) is 28.1 Å². The predicted octanol–water partition coefficient (Wildman–Crippen LogP) is 4.48. The number of halogens is 2. The van der Waals surface area contributed by atoms with Gasteiger partial charge in [-0.25, -0.2) is 8.78 Å². The highest BCUT2D eigenvalue weighted by atomic mass is 19.3. The zero-order chi connectivity index (χ0) is 16.5. The molecule has 2 heterocycles. The van der Waals surface area contributed by atoms with Gasteiger partial charge in [0, 0.05) is 30.5 Å². The number of benzene rings is 2. The highest BCUT2D eigenvalue weighted by Crippen LogP contribution is 2.32. The molecule has 0 radical (unpaired) electrons. The van der Waals surface area contributed by atoms with Crippen molar-refractivity contribution in [2.75, 3.05) is 0 Å². The van der Waals surface area contributed by atoms with Crippen molar-refractivity contribution < 1.29 is 8.78 Å². The Morgan fingerprint density at radius 1 is 1.00 bits per heavy atom. The van der Waals surface area contributed by atoms with Crippen molar-refractivity contribution in [2.24, 2.45) is 0 Å². The lowest BCUT2D eigenvalue weighted by Crippen LogP contribution is -2.23. The van der Waals surface area contributed by atoms with Gasteiger partial charge in [-0.15, -0.1) is 0 Å². The van der Waals surface area contributed by atoms with Crippen LogP contribution >= 0.6 is 0 Å². The average molecular weight is 324 g/mol. The molecule has 2 aromatic carbocycles. The lowest BCUT2D eigenvalue weighted by Gasteiger charge is -2.21. The molecule has 0 amide bonds. The molecular weight excluding hydrogens is 306 g/mol. The molecule has 0 bridgehead atoms. The standard InChI is InChI=1S/C20H18F2N2/c21-19(22)12-14-6-1-3-8-16(14)20-18-10-5-11-24(18)17-9-4-2-7-15(17)13-23-20/h1-11,19-20,23H,12-13H2. The predicted molar refractivity (Wildman–Crippen MR) is 90.6 cm³/mol. The molecule has 4 heteroatoms. The first-order valence-electron chi connectivity index (χ1n) is 8.09. The van der Waals surface area contributed by atoms with Crippen molar-refractivity contribution in [3.8, 4) is 5.69 Å². The lowest BCUT2D eigenvalue weighted by atomic mass is 9.96. The third kappa shape index (κ3) is 2.63. The highest BCUT2D eigenvalue weighted by molar-refractivity contribution is 5.47. The van der Waals surface area contributed by atoms with Gasteiger partial charge >= 0.3 is 0 Å². The molecule has 0 aliphatic carbocycles. The van der Waals surface area contributed by atoms with Crippen molar-refractivity contribution in [3.05, 3.63) is 89.2 Å². The topological polar surface area (TPSA) is 17.0 Å². The summed E-state index contributed by atoms with van der Waals surface area (Å²) in [6, 6.07) is 19.7.